The third-order valence-electron chi connectivity index (χ3n) is 6.04. The summed E-state index contributed by atoms with van der Waals surface area (Å²) in [5.41, 5.74) is 1.04. The van der Waals surface area contributed by atoms with Gasteiger partial charge >= 0.3 is 0 Å². The third kappa shape index (κ3) is 3.49. The van der Waals surface area contributed by atoms with E-state index in [0.29, 0.717) is 18.5 Å². The number of likely N-dealkylation sites (tertiary alicyclic amines) is 1. The highest BCUT2D eigenvalue weighted by Crippen LogP contribution is 2.31. The summed E-state index contributed by atoms with van der Waals surface area (Å²) >= 11 is 0. The number of hydrogen-bond acceptors (Lipinski definition) is 3. The lowest BCUT2D eigenvalue weighted by Gasteiger charge is -2.35. The zero-order valence-corrected chi connectivity index (χ0v) is 16.3. The van der Waals surface area contributed by atoms with Gasteiger partial charge in [0, 0.05) is 36.9 Å². The number of nitrogens with zero attached hydrogens (tertiary/aromatic N) is 2. The molecule has 2 saturated heterocycles. The van der Waals surface area contributed by atoms with Gasteiger partial charge in [-0.3, -0.25) is 9.59 Å². The van der Waals surface area contributed by atoms with Crippen LogP contribution in [0.2, 0.25) is 0 Å². The maximum absolute atomic E-state index is 13.2. The van der Waals surface area contributed by atoms with Crippen molar-refractivity contribution in [2.45, 2.75) is 37.8 Å². The normalized spacial score (nSPS) is 24.4. The van der Waals surface area contributed by atoms with Crippen LogP contribution in [0, 0.1) is 0 Å². The molecule has 5 heteroatoms. The zero-order valence-electron chi connectivity index (χ0n) is 16.3. The zero-order chi connectivity index (χ0) is 19.6. The van der Waals surface area contributed by atoms with E-state index in [1.54, 1.807) is 4.90 Å². The van der Waals surface area contributed by atoms with Crippen LogP contribution in [0.5, 0.6) is 0 Å². The first kappa shape index (κ1) is 18.5. The first-order chi connectivity index (χ1) is 13.6. The fraction of sp³-hybridized carbons (Fsp3) is 0.391. The van der Waals surface area contributed by atoms with Crippen LogP contribution in [0.1, 0.15) is 36.5 Å². The first-order valence-electron chi connectivity index (χ1n) is 10.1. The standard InChI is InChI=1S/C23H27N3O2/c1-23(14-8-15-26(23)21(27)18-9-4-2-5-10-18)22(28)24-19-13-16-25(17-19)20-11-6-3-7-12-20/h2-7,9-12,19H,8,13-17H2,1H3,(H,24,28). The van der Waals surface area contributed by atoms with Gasteiger partial charge in [-0.2, -0.15) is 0 Å². The average molecular weight is 377 g/mol. The monoisotopic (exact) mass is 377 g/mol. The summed E-state index contributed by atoms with van der Waals surface area (Å²) < 4.78 is 0. The summed E-state index contributed by atoms with van der Waals surface area (Å²) in [4.78, 5) is 30.2. The van der Waals surface area contributed by atoms with E-state index >= 15 is 0 Å². The highest BCUT2D eigenvalue weighted by Gasteiger charge is 2.46. The number of carbonyl (C=O) groups excluding carboxylic acids is 2. The van der Waals surface area contributed by atoms with Crippen LogP contribution in [0.4, 0.5) is 5.69 Å². The van der Waals surface area contributed by atoms with Gasteiger partial charge in [0.15, 0.2) is 0 Å². The van der Waals surface area contributed by atoms with Gasteiger partial charge in [-0.1, -0.05) is 36.4 Å². The summed E-state index contributed by atoms with van der Waals surface area (Å²) in [5.74, 6) is -0.0951. The molecular formula is C23H27N3O2. The lowest BCUT2D eigenvalue weighted by Crippen LogP contribution is -2.57. The fourth-order valence-corrected chi connectivity index (χ4v) is 4.35. The van der Waals surface area contributed by atoms with Crippen molar-refractivity contribution >= 4 is 17.5 Å². The number of rotatable bonds is 4. The van der Waals surface area contributed by atoms with Crippen molar-refractivity contribution in [3.05, 3.63) is 66.2 Å². The molecule has 2 aliphatic heterocycles. The van der Waals surface area contributed by atoms with Crippen LogP contribution in [-0.2, 0) is 4.79 Å². The van der Waals surface area contributed by atoms with Crippen molar-refractivity contribution in [2.24, 2.45) is 0 Å². The van der Waals surface area contributed by atoms with E-state index < -0.39 is 5.54 Å². The third-order valence-corrected chi connectivity index (χ3v) is 6.04. The Hall–Kier alpha value is -2.82. The summed E-state index contributed by atoms with van der Waals surface area (Å²) in [6.45, 7) is 4.26. The molecule has 0 spiro atoms. The molecule has 2 unspecified atom stereocenters. The molecule has 2 heterocycles. The number of para-hydroxylation sites is 1. The molecular weight excluding hydrogens is 350 g/mol. The molecule has 0 aromatic heterocycles. The lowest BCUT2D eigenvalue weighted by atomic mass is 9.96. The smallest absolute Gasteiger partial charge is 0.254 e. The quantitative estimate of drug-likeness (QED) is 0.891. The summed E-state index contributed by atoms with van der Waals surface area (Å²) in [6, 6.07) is 19.6. The Morgan fingerprint density at radius 3 is 2.39 bits per heavy atom. The molecule has 146 valence electrons. The van der Waals surface area contributed by atoms with Gasteiger partial charge in [-0.15, -0.1) is 0 Å². The molecule has 0 aliphatic carbocycles. The Morgan fingerprint density at radius 2 is 1.68 bits per heavy atom. The molecule has 2 aromatic carbocycles. The van der Waals surface area contributed by atoms with Crippen molar-refractivity contribution in [2.75, 3.05) is 24.5 Å². The molecule has 28 heavy (non-hydrogen) atoms. The minimum Gasteiger partial charge on any atom is -0.369 e. The van der Waals surface area contributed by atoms with E-state index in [0.717, 1.165) is 25.9 Å². The minimum atomic E-state index is -0.785. The highest BCUT2D eigenvalue weighted by atomic mass is 16.2. The second kappa shape index (κ2) is 7.66. The molecule has 2 aromatic rings. The number of anilines is 1. The predicted octanol–water partition coefficient (Wildman–Crippen LogP) is 3.08. The topological polar surface area (TPSA) is 52.7 Å². The summed E-state index contributed by atoms with van der Waals surface area (Å²) in [6.07, 6.45) is 2.47. The fourth-order valence-electron chi connectivity index (χ4n) is 4.35. The maximum Gasteiger partial charge on any atom is 0.254 e. The van der Waals surface area contributed by atoms with E-state index in [1.807, 2.05) is 55.5 Å². The first-order valence-corrected chi connectivity index (χ1v) is 10.1. The van der Waals surface area contributed by atoms with Crippen LogP contribution in [0.25, 0.3) is 0 Å². The van der Waals surface area contributed by atoms with Crippen molar-refractivity contribution in [1.29, 1.82) is 0 Å². The van der Waals surface area contributed by atoms with Crippen LogP contribution in [-0.4, -0.2) is 47.9 Å². The van der Waals surface area contributed by atoms with Gasteiger partial charge in [-0.05, 0) is 50.5 Å². The van der Waals surface area contributed by atoms with Gasteiger partial charge in [0.1, 0.15) is 5.54 Å². The molecule has 4 rings (SSSR count). The number of nitrogens with one attached hydrogen (secondary N) is 1. The number of carbonyl (C=O) groups is 2. The SMILES string of the molecule is CC1(C(=O)NC2CCN(c3ccccc3)C2)CCCN1C(=O)c1ccccc1. The second-order valence-electron chi connectivity index (χ2n) is 7.94. The van der Waals surface area contributed by atoms with E-state index in [-0.39, 0.29) is 17.9 Å². The van der Waals surface area contributed by atoms with Crippen LogP contribution in [0.3, 0.4) is 0 Å². The van der Waals surface area contributed by atoms with Crippen molar-refractivity contribution in [3.63, 3.8) is 0 Å². The van der Waals surface area contributed by atoms with Crippen molar-refractivity contribution in [1.82, 2.24) is 10.2 Å². The molecule has 2 aliphatic rings. The van der Waals surface area contributed by atoms with Crippen LogP contribution < -0.4 is 10.2 Å². The molecule has 0 radical (unpaired) electrons. The van der Waals surface area contributed by atoms with Crippen molar-refractivity contribution < 1.29 is 9.59 Å². The summed E-state index contributed by atoms with van der Waals surface area (Å²) in [5, 5.41) is 3.22. The lowest BCUT2D eigenvalue weighted by molar-refractivity contribution is -0.130. The molecule has 2 atom stereocenters. The van der Waals surface area contributed by atoms with E-state index in [1.165, 1.54) is 5.69 Å². The molecule has 2 fully saturated rings. The van der Waals surface area contributed by atoms with Crippen LogP contribution in [0.15, 0.2) is 60.7 Å². The molecule has 0 saturated carbocycles. The number of amides is 2. The predicted molar refractivity (Wildman–Crippen MR) is 110 cm³/mol. The van der Waals surface area contributed by atoms with Gasteiger partial charge in [0.2, 0.25) is 5.91 Å². The largest absolute Gasteiger partial charge is 0.369 e. The Morgan fingerprint density at radius 1 is 1.00 bits per heavy atom. The van der Waals surface area contributed by atoms with E-state index in [4.69, 9.17) is 0 Å². The number of benzene rings is 2. The average Bonchev–Trinajstić information content (AvgIpc) is 3.36. The number of hydrogen-bond donors (Lipinski definition) is 1. The van der Waals surface area contributed by atoms with Gasteiger partial charge < -0.3 is 15.1 Å². The van der Waals surface area contributed by atoms with Gasteiger partial charge in [0.05, 0.1) is 0 Å². The van der Waals surface area contributed by atoms with Gasteiger partial charge in [0.25, 0.3) is 5.91 Å². The Balaban J connectivity index is 1.43. The minimum absolute atomic E-state index is 0.0332. The van der Waals surface area contributed by atoms with Crippen LogP contribution >= 0.6 is 0 Å². The molecule has 2 amide bonds. The Labute approximate surface area is 166 Å². The highest BCUT2D eigenvalue weighted by molar-refractivity contribution is 5.99. The second-order valence-corrected chi connectivity index (χ2v) is 7.94. The van der Waals surface area contributed by atoms with E-state index in [9.17, 15) is 9.59 Å². The Kier molecular flexibility index (Phi) is 5.07. The molecule has 5 nitrogen and oxygen atoms in total. The molecule has 0 bridgehead atoms. The van der Waals surface area contributed by atoms with E-state index in [2.05, 4.69) is 22.3 Å². The Bertz CT molecular complexity index is 839. The van der Waals surface area contributed by atoms with Crippen molar-refractivity contribution in [3.8, 4) is 0 Å². The summed E-state index contributed by atoms with van der Waals surface area (Å²) in [7, 11) is 0. The molecule has 1 N–H and O–H groups in total. The van der Waals surface area contributed by atoms with Gasteiger partial charge in [-0.25, -0.2) is 0 Å². The maximum atomic E-state index is 13.2.